The average Bonchev–Trinajstić information content (AvgIpc) is 2.89. The molecule has 0 aliphatic heterocycles. The van der Waals surface area contributed by atoms with Crippen molar-refractivity contribution in [3.63, 3.8) is 0 Å². The number of rotatable bonds is 5. The van der Waals surface area contributed by atoms with Crippen LogP contribution >= 0.6 is 11.6 Å². The summed E-state index contributed by atoms with van der Waals surface area (Å²) < 4.78 is 29.0. The second-order valence-corrected chi connectivity index (χ2v) is 5.47. The van der Waals surface area contributed by atoms with Crippen LogP contribution in [-0.2, 0) is 4.79 Å². The van der Waals surface area contributed by atoms with Crippen LogP contribution in [0.5, 0.6) is 5.75 Å². The van der Waals surface area contributed by atoms with E-state index in [0.29, 0.717) is 19.3 Å². The molecule has 2 atom stereocenters. The number of amides is 1. The van der Waals surface area contributed by atoms with Crippen molar-refractivity contribution in [3.8, 4) is 5.75 Å². The number of benzene rings is 1. The van der Waals surface area contributed by atoms with Crippen LogP contribution in [0.4, 0.5) is 8.78 Å². The van der Waals surface area contributed by atoms with E-state index in [2.05, 4.69) is 10.1 Å². The van der Waals surface area contributed by atoms with E-state index in [4.69, 9.17) is 16.7 Å². The summed E-state index contributed by atoms with van der Waals surface area (Å²) in [5, 5.41) is 11.8. The predicted molar refractivity (Wildman–Crippen MR) is 74.3 cm³/mol. The molecule has 1 aromatic rings. The van der Waals surface area contributed by atoms with E-state index in [0.717, 1.165) is 0 Å². The minimum Gasteiger partial charge on any atom is -0.481 e. The average molecular weight is 334 g/mol. The van der Waals surface area contributed by atoms with Gasteiger partial charge >= 0.3 is 12.6 Å². The van der Waals surface area contributed by atoms with E-state index < -0.39 is 24.4 Å². The molecule has 22 heavy (non-hydrogen) atoms. The van der Waals surface area contributed by atoms with Gasteiger partial charge in [-0.2, -0.15) is 8.78 Å². The summed E-state index contributed by atoms with van der Waals surface area (Å²) in [4.78, 5) is 23.1. The lowest BCUT2D eigenvalue weighted by Gasteiger charge is -2.15. The molecule has 1 amide bonds. The molecule has 8 heteroatoms. The van der Waals surface area contributed by atoms with Crippen LogP contribution in [0.15, 0.2) is 18.2 Å². The zero-order chi connectivity index (χ0) is 16.3. The number of hydrogen-bond acceptors (Lipinski definition) is 3. The number of nitrogens with one attached hydrogen (secondary N) is 1. The summed E-state index contributed by atoms with van der Waals surface area (Å²) in [7, 11) is 0. The fraction of sp³-hybridized carbons (Fsp3) is 0.429. The summed E-state index contributed by atoms with van der Waals surface area (Å²) >= 11 is 5.78. The topological polar surface area (TPSA) is 75.6 Å². The van der Waals surface area contributed by atoms with Gasteiger partial charge in [0.2, 0.25) is 0 Å². The molecule has 0 unspecified atom stereocenters. The summed E-state index contributed by atoms with van der Waals surface area (Å²) in [6.45, 7) is -3.06. The Morgan fingerprint density at radius 1 is 1.36 bits per heavy atom. The second kappa shape index (κ2) is 6.91. The molecule has 1 fully saturated rings. The van der Waals surface area contributed by atoms with Gasteiger partial charge in [0.05, 0.1) is 11.5 Å². The lowest BCUT2D eigenvalue weighted by Crippen LogP contribution is -2.33. The summed E-state index contributed by atoms with van der Waals surface area (Å²) in [6.07, 6.45) is 1.30. The number of aliphatic carboxylic acids is 1. The third-order valence-corrected chi connectivity index (χ3v) is 3.75. The fourth-order valence-corrected chi connectivity index (χ4v) is 2.65. The number of carboxylic acid groups (broad SMARTS) is 1. The van der Waals surface area contributed by atoms with Gasteiger partial charge in [-0.05, 0) is 37.5 Å². The molecule has 0 spiro atoms. The third-order valence-electron chi connectivity index (χ3n) is 3.52. The van der Waals surface area contributed by atoms with E-state index >= 15 is 0 Å². The van der Waals surface area contributed by atoms with E-state index in [-0.39, 0.29) is 22.4 Å². The normalized spacial score (nSPS) is 20.9. The Hall–Kier alpha value is -1.89. The van der Waals surface area contributed by atoms with Gasteiger partial charge in [0.25, 0.3) is 5.91 Å². The van der Waals surface area contributed by atoms with Crippen molar-refractivity contribution in [1.29, 1.82) is 0 Å². The maximum absolute atomic E-state index is 12.4. The van der Waals surface area contributed by atoms with Gasteiger partial charge in [0.15, 0.2) is 0 Å². The zero-order valence-electron chi connectivity index (χ0n) is 11.4. The van der Waals surface area contributed by atoms with E-state index in [1.54, 1.807) is 0 Å². The molecule has 1 aromatic carbocycles. The van der Waals surface area contributed by atoms with Gasteiger partial charge in [-0.3, -0.25) is 9.59 Å². The highest BCUT2D eigenvalue weighted by Crippen LogP contribution is 2.28. The molecule has 1 saturated carbocycles. The molecule has 0 aromatic heterocycles. The monoisotopic (exact) mass is 333 g/mol. The smallest absolute Gasteiger partial charge is 0.387 e. The third kappa shape index (κ3) is 4.07. The summed E-state index contributed by atoms with van der Waals surface area (Å²) in [6, 6.07) is 3.45. The largest absolute Gasteiger partial charge is 0.481 e. The Balaban J connectivity index is 2.09. The summed E-state index contributed by atoms with van der Waals surface area (Å²) in [5.41, 5.74) is -0.105. The maximum Gasteiger partial charge on any atom is 0.387 e. The number of alkyl halides is 2. The van der Waals surface area contributed by atoms with E-state index in [9.17, 15) is 18.4 Å². The standard InChI is InChI=1S/C14H14ClF2NO4/c15-8-2-4-11(22-14(16)17)10(6-8)12(19)18-9-3-1-7(5-9)13(20)21/h2,4,6-7,9,14H,1,3,5H2,(H,18,19)(H,20,21)/t7-,9+/m1/s1. The molecule has 1 aliphatic rings. The zero-order valence-corrected chi connectivity index (χ0v) is 12.1. The van der Waals surface area contributed by atoms with Crippen molar-refractivity contribution >= 4 is 23.5 Å². The summed E-state index contributed by atoms with van der Waals surface area (Å²) in [5.74, 6) is -2.29. The van der Waals surface area contributed by atoms with Gasteiger partial charge in [-0.15, -0.1) is 0 Å². The Kier molecular flexibility index (Phi) is 5.18. The molecule has 0 bridgehead atoms. The van der Waals surface area contributed by atoms with Gasteiger partial charge in [0.1, 0.15) is 5.75 Å². The maximum atomic E-state index is 12.4. The van der Waals surface area contributed by atoms with Crippen molar-refractivity contribution in [2.75, 3.05) is 0 Å². The van der Waals surface area contributed by atoms with Gasteiger partial charge < -0.3 is 15.2 Å². The number of ether oxygens (including phenoxy) is 1. The Morgan fingerprint density at radius 3 is 2.68 bits per heavy atom. The molecule has 2 N–H and O–H groups in total. The van der Waals surface area contributed by atoms with Crippen LogP contribution < -0.4 is 10.1 Å². The Bertz CT molecular complexity index is 582. The van der Waals surface area contributed by atoms with Crippen molar-refractivity contribution in [2.24, 2.45) is 5.92 Å². The first-order valence-corrected chi connectivity index (χ1v) is 7.02. The number of carboxylic acids is 1. The van der Waals surface area contributed by atoms with Crippen LogP contribution in [0, 0.1) is 5.92 Å². The van der Waals surface area contributed by atoms with Gasteiger partial charge in [0, 0.05) is 11.1 Å². The van der Waals surface area contributed by atoms with Crippen LogP contribution in [0.3, 0.4) is 0 Å². The first kappa shape index (κ1) is 16.5. The van der Waals surface area contributed by atoms with Gasteiger partial charge in [-0.1, -0.05) is 11.6 Å². The van der Waals surface area contributed by atoms with E-state index in [1.807, 2.05) is 0 Å². The number of carbonyl (C=O) groups excluding carboxylic acids is 1. The lowest BCUT2D eigenvalue weighted by molar-refractivity contribution is -0.141. The van der Waals surface area contributed by atoms with E-state index in [1.165, 1.54) is 18.2 Å². The quantitative estimate of drug-likeness (QED) is 0.868. The Labute approximate surface area is 130 Å². The number of hydrogen-bond donors (Lipinski definition) is 2. The first-order valence-electron chi connectivity index (χ1n) is 6.65. The Morgan fingerprint density at radius 2 is 2.09 bits per heavy atom. The number of carbonyl (C=O) groups is 2. The minimum absolute atomic E-state index is 0.105. The highest BCUT2D eigenvalue weighted by molar-refractivity contribution is 6.31. The second-order valence-electron chi connectivity index (χ2n) is 5.04. The first-order chi connectivity index (χ1) is 10.4. The highest BCUT2D eigenvalue weighted by Gasteiger charge is 2.31. The van der Waals surface area contributed by atoms with Crippen LogP contribution in [0.2, 0.25) is 5.02 Å². The molecule has 0 saturated heterocycles. The molecular weight excluding hydrogens is 320 g/mol. The highest BCUT2D eigenvalue weighted by atomic mass is 35.5. The molecule has 0 heterocycles. The van der Waals surface area contributed by atoms with Crippen molar-refractivity contribution in [1.82, 2.24) is 5.32 Å². The molecule has 0 radical (unpaired) electrons. The molecule has 5 nitrogen and oxygen atoms in total. The van der Waals surface area contributed by atoms with Crippen molar-refractivity contribution in [2.45, 2.75) is 31.9 Å². The van der Waals surface area contributed by atoms with Gasteiger partial charge in [-0.25, -0.2) is 0 Å². The van der Waals surface area contributed by atoms with Crippen LogP contribution in [-0.4, -0.2) is 29.6 Å². The fourth-order valence-electron chi connectivity index (χ4n) is 2.48. The van der Waals surface area contributed by atoms with Crippen LogP contribution in [0.1, 0.15) is 29.6 Å². The molecular formula is C14H14ClF2NO4. The molecule has 120 valence electrons. The number of halogens is 3. The van der Waals surface area contributed by atoms with Crippen LogP contribution in [0.25, 0.3) is 0 Å². The lowest BCUT2D eigenvalue weighted by atomic mass is 10.1. The molecule has 2 rings (SSSR count). The SMILES string of the molecule is O=C(N[C@H]1CC[C@@H](C(=O)O)C1)c1cc(Cl)ccc1OC(F)F. The van der Waals surface area contributed by atoms with Crippen molar-refractivity contribution in [3.05, 3.63) is 28.8 Å². The molecule has 1 aliphatic carbocycles. The minimum atomic E-state index is -3.06. The van der Waals surface area contributed by atoms with Crippen molar-refractivity contribution < 1.29 is 28.2 Å². The predicted octanol–water partition coefficient (Wildman–Crippen LogP) is 2.92.